The van der Waals surface area contributed by atoms with Crippen LogP contribution in [-0.2, 0) is 0 Å². The number of nitrogens with zero attached hydrogens (tertiary/aromatic N) is 2. The normalized spacial score (nSPS) is 9.38. The van der Waals surface area contributed by atoms with Gasteiger partial charge in [-0.25, -0.2) is 0 Å². The van der Waals surface area contributed by atoms with Crippen LogP contribution in [0.4, 0.5) is 0 Å². The van der Waals surface area contributed by atoms with Crippen molar-refractivity contribution in [3.8, 4) is 0 Å². The second-order valence-electron chi connectivity index (χ2n) is 0.890. The van der Waals surface area contributed by atoms with Crippen molar-refractivity contribution in [2.45, 2.75) is 13.8 Å². The minimum Gasteiger partial charge on any atom is -0.411 e. The fraction of sp³-hybridized carbons (Fsp3) is 0.600. The number of aliphatic imine (C=N–C) groups is 1. The first kappa shape index (κ1) is 10.2. The Balaban J connectivity index is 0. The van der Waals surface area contributed by atoms with Crippen molar-refractivity contribution in [3.05, 3.63) is 0 Å². The highest BCUT2D eigenvalue weighted by molar-refractivity contribution is 5.52. The summed E-state index contributed by atoms with van der Waals surface area (Å²) >= 11 is 0. The molecule has 0 aromatic rings. The molecule has 0 radical (unpaired) electrons. The second-order valence-corrected chi connectivity index (χ2v) is 0.890. The van der Waals surface area contributed by atoms with Crippen LogP contribution in [0.25, 0.3) is 0 Å². The molecule has 0 rings (SSSR count). The Kier molecular flexibility index (Phi) is 21.0. The summed E-state index contributed by atoms with van der Waals surface area (Å²) in [5.41, 5.74) is 0. The van der Waals surface area contributed by atoms with E-state index >= 15 is 0 Å². The summed E-state index contributed by atoms with van der Waals surface area (Å²) in [4.78, 5) is 3.61. The van der Waals surface area contributed by atoms with E-state index in [0.29, 0.717) is 0 Å². The molecule has 0 fully saturated rings. The maximum absolute atomic E-state index is 7.44. The number of rotatable bonds is 0. The Morgan fingerprint density at radius 1 is 1.25 bits per heavy atom. The molecule has 0 spiro atoms. The van der Waals surface area contributed by atoms with Crippen molar-refractivity contribution in [1.29, 1.82) is 0 Å². The first-order valence-corrected chi connectivity index (χ1v) is 2.32. The van der Waals surface area contributed by atoms with E-state index in [0.717, 1.165) is 0 Å². The van der Waals surface area contributed by atoms with Crippen molar-refractivity contribution >= 4 is 12.4 Å². The largest absolute Gasteiger partial charge is 0.411 e. The third-order valence-electron chi connectivity index (χ3n) is 0.374. The van der Waals surface area contributed by atoms with Crippen LogP contribution in [0.15, 0.2) is 10.1 Å². The van der Waals surface area contributed by atoms with Gasteiger partial charge in [0.1, 0.15) is 0 Å². The Morgan fingerprint density at radius 2 is 1.50 bits per heavy atom. The Hall–Kier alpha value is -0.860. The van der Waals surface area contributed by atoms with Crippen molar-refractivity contribution in [2.24, 2.45) is 10.1 Å². The lowest BCUT2D eigenvalue weighted by molar-refractivity contribution is 0.321. The summed E-state index contributed by atoms with van der Waals surface area (Å²) in [5.74, 6) is 0. The molecular formula is C5H12N2O. The molecule has 0 heterocycles. The molecule has 0 aromatic heterocycles. The molecule has 0 bridgehead atoms. The molecule has 0 aliphatic rings. The zero-order valence-corrected chi connectivity index (χ0v) is 5.50. The van der Waals surface area contributed by atoms with E-state index in [1.807, 2.05) is 6.92 Å². The molecule has 3 nitrogen and oxygen atoms in total. The number of hydrogen-bond donors (Lipinski definition) is 1. The lowest BCUT2D eigenvalue weighted by Gasteiger charge is -1.54. The first-order chi connectivity index (χ1) is 3.83. The fourth-order valence-electron chi connectivity index (χ4n) is 0. The zero-order chi connectivity index (χ0) is 6.83. The van der Waals surface area contributed by atoms with Gasteiger partial charge in [-0.05, 0) is 20.1 Å². The molecule has 8 heavy (non-hydrogen) atoms. The molecule has 0 atom stereocenters. The van der Waals surface area contributed by atoms with E-state index < -0.39 is 0 Å². The maximum Gasteiger partial charge on any atom is 0.0404 e. The predicted octanol–water partition coefficient (Wildman–Crippen LogP) is 1.17. The van der Waals surface area contributed by atoms with E-state index in [9.17, 15) is 0 Å². The molecule has 3 heteroatoms. The Bertz CT molecular complexity index is 50.8. The van der Waals surface area contributed by atoms with Gasteiger partial charge >= 0.3 is 0 Å². The number of oxime groups is 1. The van der Waals surface area contributed by atoms with Crippen molar-refractivity contribution in [1.82, 2.24) is 0 Å². The standard InChI is InChI=1S/C3H7N.C2H5NO/c1-3-4-2;1-2-3-4/h3H,1-2H3;2,4H,1H3/b;3-2+. The average Bonchev–Trinajstić information content (AvgIpc) is 1.88. The minimum atomic E-state index is 1.31. The van der Waals surface area contributed by atoms with Crippen LogP contribution in [0.1, 0.15) is 13.8 Å². The lowest BCUT2D eigenvalue weighted by Crippen LogP contribution is -1.49. The molecule has 0 aliphatic carbocycles. The van der Waals surface area contributed by atoms with Gasteiger partial charge in [-0.3, -0.25) is 0 Å². The molecule has 0 unspecified atom stereocenters. The molecule has 1 N–H and O–H groups in total. The highest BCUT2D eigenvalue weighted by Crippen LogP contribution is 1.39. The van der Waals surface area contributed by atoms with Gasteiger partial charge in [-0.2, -0.15) is 0 Å². The second kappa shape index (κ2) is 16.5. The SMILES string of the molecule is C/C=N/O.CC=NC. The minimum absolute atomic E-state index is 1.31. The van der Waals surface area contributed by atoms with Gasteiger partial charge in [0.05, 0.1) is 0 Å². The van der Waals surface area contributed by atoms with Gasteiger partial charge in [0, 0.05) is 13.3 Å². The van der Waals surface area contributed by atoms with Crippen LogP contribution < -0.4 is 0 Å². The topological polar surface area (TPSA) is 45.0 Å². The molecule has 0 saturated carbocycles. The van der Waals surface area contributed by atoms with Gasteiger partial charge < -0.3 is 10.2 Å². The Labute approximate surface area is 49.7 Å². The highest BCUT2D eigenvalue weighted by Gasteiger charge is 1.34. The Morgan fingerprint density at radius 3 is 1.50 bits per heavy atom. The van der Waals surface area contributed by atoms with Gasteiger partial charge in [-0.15, -0.1) is 5.16 Å². The maximum atomic E-state index is 7.44. The summed E-state index contributed by atoms with van der Waals surface area (Å²) in [6.45, 7) is 3.53. The van der Waals surface area contributed by atoms with Crippen LogP contribution in [0.3, 0.4) is 0 Å². The van der Waals surface area contributed by atoms with Crippen molar-refractivity contribution in [3.63, 3.8) is 0 Å². The smallest absolute Gasteiger partial charge is 0.0404 e. The summed E-state index contributed by atoms with van der Waals surface area (Å²) < 4.78 is 0. The van der Waals surface area contributed by atoms with Gasteiger partial charge in [0.2, 0.25) is 0 Å². The van der Waals surface area contributed by atoms with E-state index in [4.69, 9.17) is 5.21 Å². The quantitative estimate of drug-likeness (QED) is 0.288. The molecule has 0 aliphatic heterocycles. The first-order valence-electron chi connectivity index (χ1n) is 2.32. The van der Waals surface area contributed by atoms with Crippen LogP contribution in [0, 0.1) is 0 Å². The monoisotopic (exact) mass is 116 g/mol. The fourth-order valence-corrected chi connectivity index (χ4v) is 0. The number of hydrogen-bond acceptors (Lipinski definition) is 3. The lowest BCUT2D eigenvalue weighted by atomic mass is 10.9. The summed E-state index contributed by atoms with van der Waals surface area (Å²) in [6, 6.07) is 0. The third kappa shape index (κ3) is 67.8. The van der Waals surface area contributed by atoms with Crippen molar-refractivity contribution in [2.75, 3.05) is 7.05 Å². The van der Waals surface area contributed by atoms with E-state index in [1.54, 1.807) is 20.2 Å². The molecular weight excluding hydrogens is 104 g/mol. The molecule has 0 saturated heterocycles. The summed E-state index contributed by atoms with van der Waals surface area (Å²) in [5, 5.41) is 10.1. The molecule has 0 amide bonds. The van der Waals surface area contributed by atoms with Crippen LogP contribution >= 0.6 is 0 Å². The van der Waals surface area contributed by atoms with Crippen molar-refractivity contribution < 1.29 is 5.21 Å². The zero-order valence-electron chi connectivity index (χ0n) is 5.50. The summed E-state index contributed by atoms with van der Waals surface area (Å²) in [6.07, 6.45) is 3.06. The predicted molar refractivity (Wildman–Crippen MR) is 36.0 cm³/mol. The van der Waals surface area contributed by atoms with E-state index in [1.165, 1.54) is 6.21 Å². The molecule has 48 valence electrons. The highest BCUT2D eigenvalue weighted by atomic mass is 16.4. The average molecular weight is 116 g/mol. The van der Waals surface area contributed by atoms with E-state index in [-0.39, 0.29) is 0 Å². The van der Waals surface area contributed by atoms with Crippen LogP contribution in [-0.4, -0.2) is 24.7 Å². The van der Waals surface area contributed by atoms with E-state index in [2.05, 4.69) is 10.1 Å². The third-order valence-corrected chi connectivity index (χ3v) is 0.374. The van der Waals surface area contributed by atoms with Gasteiger partial charge in [0.25, 0.3) is 0 Å². The van der Waals surface area contributed by atoms with Crippen LogP contribution in [0.2, 0.25) is 0 Å². The van der Waals surface area contributed by atoms with Gasteiger partial charge in [0.15, 0.2) is 0 Å². The molecule has 0 aromatic carbocycles. The van der Waals surface area contributed by atoms with Gasteiger partial charge in [-0.1, -0.05) is 0 Å². The van der Waals surface area contributed by atoms with Crippen LogP contribution in [0.5, 0.6) is 0 Å². The summed E-state index contributed by atoms with van der Waals surface area (Å²) in [7, 11) is 1.75.